The fraction of sp³-hybridized carbons (Fsp3) is 0.357. The van der Waals surface area contributed by atoms with Crippen LogP contribution in [0.5, 0.6) is 0 Å². The smallest absolute Gasteiger partial charge is 0.296 e. The SMILES string of the molecule is CS(=O)(=O)NCCNc1nc(NCCS(=O)(=O)O)nc(Nc2cc(S(=O)(=O)O)ccc2S(=O)(=O)O)n1. The highest BCUT2D eigenvalue weighted by Crippen LogP contribution is 2.27. The Kier molecular flexibility index (Phi) is 9.11. The Morgan fingerprint density at radius 1 is 0.750 bits per heavy atom. The van der Waals surface area contributed by atoms with Crippen molar-refractivity contribution in [3.05, 3.63) is 18.2 Å². The Hall–Kier alpha value is -2.73. The summed E-state index contributed by atoms with van der Waals surface area (Å²) in [6.07, 6.45) is 0.933. The van der Waals surface area contributed by atoms with Crippen LogP contribution < -0.4 is 20.7 Å². The zero-order chi connectivity index (χ0) is 27.4. The number of anilines is 4. The number of nitrogens with one attached hydrogen (secondary N) is 4. The molecular weight excluding hydrogens is 570 g/mol. The summed E-state index contributed by atoms with van der Waals surface area (Å²) >= 11 is 0. The second kappa shape index (κ2) is 11.1. The molecule has 0 amide bonds. The van der Waals surface area contributed by atoms with Gasteiger partial charge in [-0.25, -0.2) is 13.1 Å². The predicted octanol–water partition coefficient (Wildman–Crippen LogP) is -1.63. The lowest BCUT2D eigenvalue weighted by molar-refractivity contribution is 0.479. The van der Waals surface area contributed by atoms with E-state index < -0.39 is 67.6 Å². The molecule has 0 atom stereocenters. The van der Waals surface area contributed by atoms with E-state index >= 15 is 0 Å². The largest absolute Gasteiger partial charge is 0.353 e. The van der Waals surface area contributed by atoms with Crippen molar-refractivity contribution in [2.24, 2.45) is 0 Å². The lowest BCUT2D eigenvalue weighted by atomic mass is 10.3. The predicted molar refractivity (Wildman–Crippen MR) is 125 cm³/mol. The second-order valence-electron chi connectivity index (χ2n) is 6.85. The second-order valence-corrected chi connectivity index (χ2v) is 13.1. The molecule has 0 radical (unpaired) electrons. The molecule has 0 spiro atoms. The molecule has 2 aromatic rings. The quantitative estimate of drug-likeness (QED) is 0.102. The summed E-state index contributed by atoms with van der Waals surface area (Å²) in [6.45, 7) is -0.510. The number of rotatable bonds is 13. The first-order valence-electron chi connectivity index (χ1n) is 9.33. The van der Waals surface area contributed by atoms with Gasteiger partial charge in [0.15, 0.2) is 0 Å². The van der Waals surface area contributed by atoms with Gasteiger partial charge >= 0.3 is 0 Å². The van der Waals surface area contributed by atoms with Crippen LogP contribution in [0, 0.1) is 0 Å². The Morgan fingerprint density at radius 2 is 1.31 bits per heavy atom. The summed E-state index contributed by atoms with van der Waals surface area (Å²) in [4.78, 5) is 10.2. The third-order valence-corrected chi connectivity index (χ3v) is 7.03. The van der Waals surface area contributed by atoms with E-state index in [2.05, 4.69) is 35.6 Å². The van der Waals surface area contributed by atoms with Gasteiger partial charge in [0, 0.05) is 19.6 Å². The van der Waals surface area contributed by atoms with Crippen molar-refractivity contribution in [1.29, 1.82) is 0 Å². The monoisotopic (exact) mass is 591 g/mol. The van der Waals surface area contributed by atoms with Gasteiger partial charge in [-0.15, -0.1) is 0 Å². The molecule has 0 fully saturated rings. The van der Waals surface area contributed by atoms with Gasteiger partial charge in [-0.3, -0.25) is 13.7 Å². The molecule has 7 N–H and O–H groups in total. The van der Waals surface area contributed by atoms with Gasteiger partial charge in [0.2, 0.25) is 27.9 Å². The minimum Gasteiger partial charge on any atom is -0.353 e. The molecule has 1 aromatic carbocycles. The maximum Gasteiger partial charge on any atom is 0.296 e. The normalized spacial score (nSPS) is 12.8. The summed E-state index contributed by atoms with van der Waals surface area (Å²) in [5.74, 6) is -1.70. The Bertz CT molecular complexity index is 1540. The van der Waals surface area contributed by atoms with Crippen molar-refractivity contribution < 1.29 is 47.3 Å². The fourth-order valence-electron chi connectivity index (χ4n) is 2.41. The van der Waals surface area contributed by atoms with Crippen LogP contribution in [0.3, 0.4) is 0 Å². The third-order valence-electron chi connectivity index (χ3n) is 3.82. The van der Waals surface area contributed by atoms with Crippen molar-refractivity contribution in [1.82, 2.24) is 19.7 Å². The molecule has 2 rings (SSSR count). The van der Waals surface area contributed by atoms with Crippen molar-refractivity contribution in [2.45, 2.75) is 9.79 Å². The molecule has 0 saturated heterocycles. The fourth-order valence-corrected chi connectivity index (χ4v) is 4.37. The number of aromatic nitrogens is 3. The minimum absolute atomic E-state index is 0.0461. The van der Waals surface area contributed by atoms with Crippen LogP contribution in [0.2, 0.25) is 0 Å². The summed E-state index contributed by atoms with van der Waals surface area (Å²) < 4.78 is 120. The topological polar surface area (TPSA) is 284 Å². The number of nitrogens with zero attached hydrogens (tertiary/aromatic N) is 3. The summed E-state index contributed by atoms with van der Waals surface area (Å²) in [6, 6.07) is 2.10. The first-order chi connectivity index (χ1) is 16.3. The van der Waals surface area contributed by atoms with Crippen molar-refractivity contribution >= 4 is 63.9 Å². The number of sulfonamides is 1. The molecule has 36 heavy (non-hydrogen) atoms. The highest BCUT2D eigenvalue weighted by atomic mass is 32.2. The van der Waals surface area contributed by atoms with Crippen LogP contribution in [0.15, 0.2) is 28.0 Å². The van der Waals surface area contributed by atoms with E-state index in [1.165, 1.54) is 0 Å². The number of benzene rings is 1. The van der Waals surface area contributed by atoms with E-state index in [0.29, 0.717) is 12.1 Å². The average Bonchev–Trinajstić information content (AvgIpc) is 2.68. The van der Waals surface area contributed by atoms with Gasteiger partial charge in [-0.1, -0.05) is 0 Å². The minimum atomic E-state index is -4.90. The van der Waals surface area contributed by atoms with E-state index in [1.807, 2.05) is 0 Å². The summed E-state index contributed by atoms with van der Waals surface area (Å²) in [7, 11) is -17.5. The lowest BCUT2D eigenvalue weighted by Crippen LogP contribution is -2.28. The maximum atomic E-state index is 11.7. The standard InChI is InChI=1S/C14H21N7O11S4/c1-33(22,23)17-5-4-15-12-19-13(16-6-7-34(24,25)26)21-14(20-12)18-10-8-9(35(27,28)29)2-3-11(10)36(30,31)32/h2-3,8,17H,4-7H2,1H3,(H,24,25,26)(H,27,28,29)(H,30,31,32)(H3,15,16,18,19,20,21). The van der Waals surface area contributed by atoms with Crippen molar-refractivity contribution in [3.8, 4) is 0 Å². The van der Waals surface area contributed by atoms with E-state index in [4.69, 9.17) is 4.55 Å². The van der Waals surface area contributed by atoms with Gasteiger partial charge in [0.05, 0.1) is 22.6 Å². The van der Waals surface area contributed by atoms with Crippen LogP contribution in [0.25, 0.3) is 0 Å². The molecule has 18 nitrogen and oxygen atoms in total. The molecule has 0 saturated carbocycles. The zero-order valence-corrected chi connectivity index (χ0v) is 21.4. The summed E-state index contributed by atoms with van der Waals surface area (Å²) in [5, 5.41) is 7.45. The van der Waals surface area contributed by atoms with Gasteiger partial charge in [-0.2, -0.15) is 40.2 Å². The van der Waals surface area contributed by atoms with E-state index in [9.17, 15) is 42.8 Å². The van der Waals surface area contributed by atoms with Crippen molar-refractivity contribution in [3.63, 3.8) is 0 Å². The highest BCUT2D eigenvalue weighted by molar-refractivity contribution is 7.88. The van der Waals surface area contributed by atoms with Gasteiger partial charge in [0.25, 0.3) is 30.4 Å². The molecular formula is C14H21N7O11S4. The molecule has 0 aliphatic carbocycles. The first kappa shape index (κ1) is 29.5. The molecule has 22 heteroatoms. The van der Waals surface area contributed by atoms with Crippen LogP contribution in [0.4, 0.5) is 23.5 Å². The zero-order valence-electron chi connectivity index (χ0n) is 18.1. The van der Waals surface area contributed by atoms with Crippen LogP contribution >= 0.6 is 0 Å². The van der Waals surface area contributed by atoms with E-state index in [1.54, 1.807) is 0 Å². The molecule has 1 heterocycles. The number of hydrogen-bond donors (Lipinski definition) is 7. The van der Waals surface area contributed by atoms with Crippen LogP contribution in [0.1, 0.15) is 0 Å². The number of hydrogen-bond acceptors (Lipinski definition) is 14. The van der Waals surface area contributed by atoms with E-state index in [-0.39, 0.29) is 31.5 Å². The van der Waals surface area contributed by atoms with Gasteiger partial charge < -0.3 is 16.0 Å². The van der Waals surface area contributed by atoms with E-state index in [0.717, 1.165) is 12.3 Å². The van der Waals surface area contributed by atoms with Crippen LogP contribution in [-0.4, -0.2) is 93.9 Å². The first-order valence-corrected chi connectivity index (χ1v) is 15.7. The van der Waals surface area contributed by atoms with Gasteiger partial charge in [0.1, 0.15) is 4.90 Å². The Morgan fingerprint density at radius 3 is 1.81 bits per heavy atom. The molecule has 0 aliphatic rings. The Labute approximate surface area is 206 Å². The molecule has 1 aromatic heterocycles. The summed E-state index contributed by atoms with van der Waals surface area (Å²) in [5.41, 5.74) is -0.563. The lowest BCUT2D eigenvalue weighted by Gasteiger charge is -2.13. The van der Waals surface area contributed by atoms with Crippen LogP contribution in [-0.2, 0) is 40.4 Å². The van der Waals surface area contributed by atoms with Gasteiger partial charge in [-0.05, 0) is 18.2 Å². The molecule has 0 aliphatic heterocycles. The highest BCUT2D eigenvalue weighted by Gasteiger charge is 2.21. The molecule has 0 bridgehead atoms. The Balaban J connectivity index is 2.44. The molecule has 0 unspecified atom stereocenters. The maximum absolute atomic E-state index is 11.7. The molecule has 202 valence electrons. The third kappa shape index (κ3) is 10.1. The average molecular weight is 592 g/mol. The van der Waals surface area contributed by atoms with Crippen molar-refractivity contribution in [2.75, 3.05) is 47.6 Å².